The Bertz CT molecular complexity index is 588. The fourth-order valence-electron chi connectivity index (χ4n) is 1.41. The minimum Gasteiger partial charge on any atom is -0.497 e. The number of nitrogens with one attached hydrogen (secondary N) is 1. The number of aromatic nitrogens is 2. The number of nitrogens with zero attached hydrogens (tertiary/aromatic N) is 1. The summed E-state index contributed by atoms with van der Waals surface area (Å²) in [6.45, 7) is 1.51. The van der Waals surface area contributed by atoms with Crippen LogP contribution in [0.5, 0.6) is 11.6 Å². The van der Waals surface area contributed by atoms with Gasteiger partial charge in [-0.3, -0.25) is 4.79 Å². The summed E-state index contributed by atoms with van der Waals surface area (Å²) in [5, 5.41) is 9.49. The van der Waals surface area contributed by atoms with Crippen LogP contribution in [0.1, 0.15) is 5.56 Å². The van der Waals surface area contributed by atoms with Gasteiger partial charge in [0.25, 0.3) is 5.56 Å². The quantitative estimate of drug-likeness (QED) is 0.821. The lowest BCUT2D eigenvalue weighted by atomic mass is 10.2. The molecule has 0 saturated carbocycles. The summed E-state index contributed by atoms with van der Waals surface area (Å²) in [5.41, 5.74) is 0.573. The van der Waals surface area contributed by atoms with Crippen LogP contribution in [0.2, 0.25) is 0 Å². The zero-order valence-electron chi connectivity index (χ0n) is 9.52. The largest absolute Gasteiger partial charge is 0.497 e. The van der Waals surface area contributed by atoms with Gasteiger partial charge in [0, 0.05) is 5.56 Å². The molecule has 0 atom stereocenters. The van der Waals surface area contributed by atoms with E-state index in [1.54, 1.807) is 31.4 Å². The molecule has 2 N–H and O–H groups in total. The molecule has 0 saturated heterocycles. The second kappa shape index (κ2) is 4.29. The highest BCUT2D eigenvalue weighted by Gasteiger charge is 2.07. The molecule has 0 aliphatic heterocycles. The van der Waals surface area contributed by atoms with Crippen molar-refractivity contribution in [3.8, 4) is 23.0 Å². The van der Waals surface area contributed by atoms with Crippen LogP contribution in [0, 0.1) is 6.92 Å². The molecule has 2 aromatic rings. The molecule has 0 bridgehead atoms. The summed E-state index contributed by atoms with van der Waals surface area (Å²) in [5.74, 6) is 0.799. The smallest absolute Gasteiger partial charge is 0.257 e. The van der Waals surface area contributed by atoms with Gasteiger partial charge in [0.1, 0.15) is 11.6 Å². The van der Waals surface area contributed by atoms with Crippen LogP contribution < -0.4 is 10.3 Å². The Morgan fingerprint density at radius 3 is 2.47 bits per heavy atom. The van der Waals surface area contributed by atoms with Crippen molar-refractivity contribution in [3.63, 3.8) is 0 Å². The van der Waals surface area contributed by atoms with Gasteiger partial charge < -0.3 is 14.8 Å². The molecule has 0 fully saturated rings. The molecule has 1 aromatic heterocycles. The number of aromatic amines is 1. The first-order chi connectivity index (χ1) is 8.11. The second-order valence-electron chi connectivity index (χ2n) is 3.59. The van der Waals surface area contributed by atoms with Gasteiger partial charge in [0.15, 0.2) is 0 Å². The van der Waals surface area contributed by atoms with Crippen molar-refractivity contribution in [2.24, 2.45) is 0 Å². The molecule has 0 aliphatic rings. The Morgan fingerprint density at radius 2 is 1.94 bits per heavy atom. The van der Waals surface area contributed by atoms with E-state index in [4.69, 9.17) is 4.74 Å². The minimum atomic E-state index is -0.344. The van der Waals surface area contributed by atoms with E-state index in [1.165, 1.54) is 6.92 Å². The standard InChI is InChI=1S/C12H12N2O3/c1-7-11(15)13-10(14-12(7)16)8-3-5-9(17-2)6-4-8/h3-6H,1-2H3,(H2,13,14,15,16). The lowest BCUT2D eigenvalue weighted by Crippen LogP contribution is -2.12. The highest BCUT2D eigenvalue weighted by Crippen LogP contribution is 2.20. The van der Waals surface area contributed by atoms with Crippen molar-refractivity contribution in [2.45, 2.75) is 6.92 Å². The van der Waals surface area contributed by atoms with Crippen LogP contribution in [-0.4, -0.2) is 22.2 Å². The normalized spacial score (nSPS) is 10.2. The molecule has 5 heteroatoms. The van der Waals surface area contributed by atoms with Crippen LogP contribution in [-0.2, 0) is 0 Å². The molecule has 2 rings (SSSR count). The molecular formula is C12H12N2O3. The third-order valence-corrected chi connectivity index (χ3v) is 2.49. The van der Waals surface area contributed by atoms with Crippen molar-refractivity contribution in [1.29, 1.82) is 0 Å². The summed E-state index contributed by atoms with van der Waals surface area (Å²) in [7, 11) is 1.58. The third kappa shape index (κ3) is 2.13. The first-order valence-corrected chi connectivity index (χ1v) is 5.06. The number of ether oxygens (including phenoxy) is 1. The Kier molecular flexibility index (Phi) is 2.82. The number of hydrogen-bond acceptors (Lipinski definition) is 4. The van der Waals surface area contributed by atoms with E-state index in [0.717, 1.165) is 0 Å². The van der Waals surface area contributed by atoms with Gasteiger partial charge in [0.05, 0.1) is 12.7 Å². The van der Waals surface area contributed by atoms with E-state index < -0.39 is 0 Å². The fourth-order valence-corrected chi connectivity index (χ4v) is 1.41. The molecule has 0 radical (unpaired) electrons. The van der Waals surface area contributed by atoms with E-state index in [-0.39, 0.29) is 17.0 Å². The van der Waals surface area contributed by atoms with E-state index >= 15 is 0 Å². The van der Waals surface area contributed by atoms with Gasteiger partial charge in [-0.15, -0.1) is 0 Å². The van der Waals surface area contributed by atoms with Crippen molar-refractivity contribution in [3.05, 3.63) is 40.2 Å². The van der Waals surface area contributed by atoms with Crippen molar-refractivity contribution in [1.82, 2.24) is 9.97 Å². The summed E-state index contributed by atoms with van der Waals surface area (Å²) >= 11 is 0. The Hall–Kier alpha value is -2.30. The lowest BCUT2D eigenvalue weighted by molar-refractivity contribution is 0.415. The van der Waals surface area contributed by atoms with Gasteiger partial charge in [-0.2, -0.15) is 4.98 Å². The van der Waals surface area contributed by atoms with Crippen LogP contribution in [0.3, 0.4) is 0 Å². The maximum absolute atomic E-state index is 11.5. The molecule has 5 nitrogen and oxygen atoms in total. The minimum absolute atomic E-state index is 0.210. The molecule has 0 aliphatic carbocycles. The highest BCUT2D eigenvalue weighted by atomic mass is 16.5. The maximum Gasteiger partial charge on any atom is 0.257 e. The number of aromatic hydroxyl groups is 1. The highest BCUT2D eigenvalue weighted by molar-refractivity contribution is 5.56. The van der Waals surface area contributed by atoms with Crippen LogP contribution in [0.4, 0.5) is 0 Å². The predicted octanol–water partition coefficient (Wildman–Crippen LogP) is 1.46. The second-order valence-corrected chi connectivity index (χ2v) is 3.59. The molecule has 1 heterocycles. The lowest BCUT2D eigenvalue weighted by Gasteiger charge is -2.04. The summed E-state index contributed by atoms with van der Waals surface area (Å²) in [6, 6.07) is 7.02. The zero-order valence-corrected chi connectivity index (χ0v) is 9.52. The maximum atomic E-state index is 11.5. The number of hydrogen-bond donors (Lipinski definition) is 2. The predicted molar refractivity (Wildman–Crippen MR) is 63.2 cm³/mol. The van der Waals surface area contributed by atoms with Gasteiger partial charge in [-0.25, -0.2) is 0 Å². The third-order valence-electron chi connectivity index (χ3n) is 2.49. The van der Waals surface area contributed by atoms with E-state index in [1.807, 2.05) is 0 Å². The average molecular weight is 232 g/mol. The first-order valence-electron chi connectivity index (χ1n) is 5.06. The monoisotopic (exact) mass is 232 g/mol. The van der Waals surface area contributed by atoms with Crippen LogP contribution in [0.25, 0.3) is 11.4 Å². The summed E-state index contributed by atoms with van der Waals surface area (Å²) < 4.78 is 5.03. The van der Waals surface area contributed by atoms with Gasteiger partial charge in [-0.1, -0.05) is 0 Å². The van der Waals surface area contributed by atoms with E-state index in [0.29, 0.717) is 17.1 Å². The molecule has 0 spiro atoms. The average Bonchev–Trinajstić information content (AvgIpc) is 2.35. The van der Waals surface area contributed by atoms with Gasteiger partial charge >= 0.3 is 0 Å². The molecular weight excluding hydrogens is 220 g/mol. The summed E-state index contributed by atoms with van der Waals surface area (Å²) in [6.07, 6.45) is 0. The molecule has 0 amide bonds. The first kappa shape index (κ1) is 11.2. The number of rotatable bonds is 2. The van der Waals surface area contributed by atoms with Gasteiger partial charge in [0.2, 0.25) is 5.88 Å². The SMILES string of the molecule is COc1ccc(-c2nc(O)c(C)c(=O)[nH]2)cc1. The Morgan fingerprint density at radius 1 is 1.29 bits per heavy atom. The van der Waals surface area contributed by atoms with Crippen molar-refractivity contribution >= 4 is 0 Å². The number of benzene rings is 1. The topological polar surface area (TPSA) is 75.2 Å². The Balaban J connectivity index is 2.49. The molecule has 1 aromatic carbocycles. The zero-order chi connectivity index (χ0) is 12.4. The Labute approximate surface area is 97.7 Å². The summed E-state index contributed by atoms with van der Waals surface area (Å²) in [4.78, 5) is 18.0. The molecule has 88 valence electrons. The van der Waals surface area contributed by atoms with Crippen LogP contribution >= 0.6 is 0 Å². The molecule has 0 unspecified atom stereocenters. The molecule has 17 heavy (non-hydrogen) atoms. The van der Waals surface area contributed by atoms with Crippen molar-refractivity contribution in [2.75, 3.05) is 7.11 Å². The number of methoxy groups -OCH3 is 1. The van der Waals surface area contributed by atoms with Gasteiger partial charge in [-0.05, 0) is 31.2 Å². The van der Waals surface area contributed by atoms with Crippen molar-refractivity contribution < 1.29 is 9.84 Å². The van der Waals surface area contributed by atoms with Crippen LogP contribution in [0.15, 0.2) is 29.1 Å². The number of H-pyrrole nitrogens is 1. The van der Waals surface area contributed by atoms with E-state index in [9.17, 15) is 9.90 Å². The van der Waals surface area contributed by atoms with E-state index in [2.05, 4.69) is 9.97 Å². The fraction of sp³-hybridized carbons (Fsp3) is 0.167.